The zero-order chi connectivity index (χ0) is 24.3. The highest BCUT2D eigenvalue weighted by Crippen LogP contribution is 2.34. The predicted octanol–water partition coefficient (Wildman–Crippen LogP) is 3.11. The largest absolute Gasteiger partial charge is 0.350 e. The van der Waals surface area contributed by atoms with Crippen molar-refractivity contribution in [2.45, 2.75) is 30.8 Å². The normalized spacial score (nSPS) is 19.1. The van der Waals surface area contributed by atoms with E-state index in [9.17, 15) is 18.0 Å². The molecule has 8 heteroatoms. The topological polar surface area (TPSA) is 86.8 Å². The van der Waals surface area contributed by atoms with Crippen LogP contribution < -0.4 is 10.2 Å². The molecule has 1 fully saturated rings. The van der Waals surface area contributed by atoms with Crippen LogP contribution in [0, 0.1) is 6.92 Å². The van der Waals surface area contributed by atoms with Crippen molar-refractivity contribution in [1.82, 2.24) is 9.62 Å². The van der Waals surface area contributed by atoms with E-state index in [1.165, 1.54) is 17.0 Å². The molecule has 176 valence electrons. The number of para-hydroxylation sites is 1. The molecule has 1 aliphatic heterocycles. The molecular weight excluding hydrogens is 450 g/mol. The summed E-state index contributed by atoms with van der Waals surface area (Å²) in [5.41, 5.74) is 0.842. The Bertz CT molecular complexity index is 1300. The van der Waals surface area contributed by atoms with E-state index in [1.807, 2.05) is 49.4 Å². The van der Waals surface area contributed by atoms with Crippen LogP contribution in [-0.4, -0.2) is 43.2 Å². The lowest BCUT2D eigenvalue weighted by molar-refractivity contribution is -0.133. The summed E-state index contributed by atoms with van der Waals surface area (Å²) < 4.78 is 27.8. The lowest BCUT2D eigenvalue weighted by Gasteiger charge is -2.47. The van der Waals surface area contributed by atoms with Crippen LogP contribution in [-0.2, 0) is 26.2 Å². The third-order valence-electron chi connectivity index (χ3n) is 6.06. The first-order chi connectivity index (χ1) is 16.2. The van der Waals surface area contributed by atoms with Gasteiger partial charge in [-0.1, -0.05) is 66.7 Å². The van der Waals surface area contributed by atoms with Gasteiger partial charge < -0.3 is 5.32 Å². The van der Waals surface area contributed by atoms with Gasteiger partial charge in [-0.2, -0.15) is 4.31 Å². The van der Waals surface area contributed by atoms with Crippen LogP contribution in [0.15, 0.2) is 89.8 Å². The molecule has 0 aliphatic carbocycles. The van der Waals surface area contributed by atoms with Crippen molar-refractivity contribution < 1.29 is 18.0 Å². The molecule has 1 unspecified atom stereocenters. The molecule has 0 aromatic heterocycles. The molecule has 1 N–H and O–H groups in total. The third-order valence-corrected chi connectivity index (χ3v) is 7.87. The molecule has 1 aliphatic rings. The highest BCUT2D eigenvalue weighted by Gasteiger charge is 2.51. The van der Waals surface area contributed by atoms with Crippen molar-refractivity contribution in [1.29, 1.82) is 0 Å². The van der Waals surface area contributed by atoms with Gasteiger partial charge >= 0.3 is 0 Å². The fourth-order valence-electron chi connectivity index (χ4n) is 4.23. The highest BCUT2D eigenvalue weighted by atomic mass is 32.2. The number of hydrogen-bond acceptors (Lipinski definition) is 4. The maximum absolute atomic E-state index is 13.6. The summed E-state index contributed by atoms with van der Waals surface area (Å²) in [7, 11) is -3.98. The quantitative estimate of drug-likeness (QED) is 0.591. The van der Waals surface area contributed by atoms with Crippen LogP contribution in [0.3, 0.4) is 0 Å². The van der Waals surface area contributed by atoms with Crippen molar-refractivity contribution in [2.75, 3.05) is 18.0 Å². The molecule has 1 atom stereocenters. The number of benzene rings is 3. The minimum absolute atomic E-state index is 0.0826. The van der Waals surface area contributed by atoms with E-state index in [0.29, 0.717) is 5.69 Å². The molecule has 3 aromatic rings. The van der Waals surface area contributed by atoms with Crippen LogP contribution in [0.5, 0.6) is 0 Å². The smallest absolute Gasteiger partial charge is 0.247 e. The van der Waals surface area contributed by atoms with E-state index in [4.69, 9.17) is 0 Å². The number of rotatable bonds is 6. The minimum atomic E-state index is -3.98. The number of amides is 2. The number of carbonyl (C=O) groups excluding carboxylic acids is 2. The van der Waals surface area contributed by atoms with Crippen molar-refractivity contribution in [3.63, 3.8) is 0 Å². The number of nitrogens with zero attached hydrogens (tertiary/aromatic N) is 2. The fourth-order valence-corrected chi connectivity index (χ4v) is 5.74. The molecule has 0 radical (unpaired) electrons. The lowest BCUT2D eigenvalue weighted by Crippen LogP contribution is -2.70. The zero-order valence-electron chi connectivity index (χ0n) is 19.1. The molecule has 3 aromatic carbocycles. The van der Waals surface area contributed by atoms with Gasteiger partial charge in [0.1, 0.15) is 5.54 Å². The molecule has 4 rings (SSSR count). The maximum atomic E-state index is 13.6. The van der Waals surface area contributed by atoms with E-state index in [0.717, 1.165) is 15.4 Å². The van der Waals surface area contributed by atoms with Crippen molar-refractivity contribution in [3.8, 4) is 0 Å². The Morgan fingerprint density at radius 2 is 1.53 bits per heavy atom. The van der Waals surface area contributed by atoms with Gasteiger partial charge in [0, 0.05) is 18.8 Å². The second kappa shape index (κ2) is 9.40. The first kappa shape index (κ1) is 23.7. The Kier molecular flexibility index (Phi) is 6.54. The minimum Gasteiger partial charge on any atom is -0.350 e. The SMILES string of the molecule is Cc1ccccc1N1C(=O)CN(S(=O)(=O)c2ccccc2)CC1(C)C(=O)NCc1ccccc1. The van der Waals surface area contributed by atoms with Gasteiger partial charge in [-0.25, -0.2) is 8.42 Å². The molecule has 1 saturated heterocycles. The third kappa shape index (κ3) is 4.47. The summed E-state index contributed by atoms with van der Waals surface area (Å²) in [6.07, 6.45) is 0. The van der Waals surface area contributed by atoms with Crippen LogP contribution in [0.4, 0.5) is 5.69 Å². The summed E-state index contributed by atoms with van der Waals surface area (Å²) in [4.78, 5) is 28.6. The molecule has 34 heavy (non-hydrogen) atoms. The van der Waals surface area contributed by atoms with Gasteiger partial charge in [0.05, 0.1) is 11.4 Å². The second-order valence-electron chi connectivity index (χ2n) is 8.54. The second-order valence-corrected chi connectivity index (χ2v) is 10.5. The first-order valence-corrected chi connectivity index (χ1v) is 12.4. The summed E-state index contributed by atoms with van der Waals surface area (Å²) in [5.74, 6) is -0.890. The van der Waals surface area contributed by atoms with Crippen LogP contribution >= 0.6 is 0 Å². The average Bonchev–Trinajstić information content (AvgIpc) is 2.84. The van der Waals surface area contributed by atoms with Gasteiger partial charge in [-0.3, -0.25) is 14.5 Å². The number of sulfonamides is 1. The average molecular weight is 478 g/mol. The number of hydrogen-bond donors (Lipinski definition) is 1. The molecule has 0 bridgehead atoms. The zero-order valence-corrected chi connectivity index (χ0v) is 20.0. The van der Waals surface area contributed by atoms with Crippen molar-refractivity contribution in [2.24, 2.45) is 0 Å². The van der Waals surface area contributed by atoms with E-state index >= 15 is 0 Å². The van der Waals surface area contributed by atoms with Gasteiger partial charge in [0.2, 0.25) is 21.8 Å². The Hall–Kier alpha value is -3.49. The molecule has 2 amide bonds. The van der Waals surface area contributed by atoms with Crippen LogP contribution in [0.2, 0.25) is 0 Å². The first-order valence-electron chi connectivity index (χ1n) is 11.0. The molecule has 1 heterocycles. The summed E-state index contributed by atoms with van der Waals surface area (Å²) >= 11 is 0. The van der Waals surface area contributed by atoms with Gasteiger partial charge in [-0.05, 0) is 43.2 Å². The number of nitrogens with one attached hydrogen (secondary N) is 1. The lowest BCUT2D eigenvalue weighted by atomic mass is 9.93. The maximum Gasteiger partial charge on any atom is 0.247 e. The predicted molar refractivity (Wildman–Crippen MR) is 131 cm³/mol. The molecular formula is C26H27N3O4S. The summed E-state index contributed by atoms with van der Waals surface area (Å²) in [5, 5.41) is 2.91. The van der Waals surface area contributed by atoms with Crippen molar-refractivity contribution >= 4 is 27.5 Å². The molecule has 0 saturated carbocycles. The Morgan fingerprint density at radius 3 is 2.18 bits per heavy atom. The number of carbonyl (C=O) groups is 2. The van der Waals surface area contributed by atoms with E-state index in [1.54, 1.807) is 37.3 Å². The van der Waals surface area contributed by atoms with Gasteiger partial charge in [0.25, 0.3) is 0 Å². The van der Waals surface area contributed by atoms with E-state index in [2.05, 4.69) is 5.32 Å². The monoisotopic (exact) mass is 477 g/mol. The molecule has 0 spiro atoms. The Morgan fingerprint density at radius 1 is 0.941 bits per heavy atom. The number of aryl methyl sites for hydroxylation is 1. The number of piperazine rings is 1. The molecule has 7 nitrogen and oxygen atoms in total. The Labute approximate surface area is 200 Å². The highest BCUT2D eigenvalue weighted by molar-refractivity contribution is 7.89. The fraction of sp³-hybridized carbons (Fsp3) is 0.231. The van der Waals surface area contributed by atoms with Gasteiger partial charge in [0.15, 0.2) is 0 Å². The van der Waals surface area contributed by atoms with Crippen LogP contribution in [0.25, 0.3) is 0 Å². The van der Waals surface area contributed by atoms with Crippen molar-refractivity contribution in [3.05, 3.63) is 96.1 Å². The summed E-state index contributed by atoms with van der Waals surface area (Å²) in [6, 6.07) is 24.7. The number of anilines is 1. The van der Waals surface area contributed by atoms with Gasteiger partial charge in [-0.15, -0.1) is 0 Å². The Balaban J connectivity index is 1.72. The van der Waals surface area contributed by atoms with E-state index in [-0.39, 0.29) is 24.5 Å². The van der Waals surface area contributed by atoms with E-state index < -0.39 is 27.4 Å². The summed E-state index contributed by atoms with van der Waals surface area (Å²) in [6.45, 7) is 3.21. The van der Waals surface area contributed by atoms with Crippen LogP contribution in [0.1, 0.15) is 18.1 Å². The standard InChI is InChI=1S/C26H27N3O4S/c1-20-11-9-10-16-23(20)29-24(30)18-28(34(32,33)22-14-7-4-8-15-22)19-26(29,2)25(31)27-17-21-12-5-3-6-13-21/h3-16H,17-19H2,1-2H3,(H,27,31).